The van der Waals surface area contributed by atoms with Gasteiger partial charge in [-0.05, 0) is 42.8 Å². The smallest absolute Gasteiger partial charge is 0.271 e. The van der Waals surface area contributed by atoms with E-state index in [9.17, 15) is 4.79 Å². The normalized spacial score (nSPS) is 10.9. The number of hydrogen-bond donors (Lipinski definition) is 1. The molecule has 120 valence electrons. The van der Waals surface area contributed by atoms with E-state index in [0.717, 1.165) is 11.1 Å². The van der Waals surface area contributed by atoms with E-state index in [0.29, 0.717) is 22.1 Å². The van der Waals surface area contributed by atoms with Gasteiger partial charge >= 0.3 is 0 Å². The monoisotopic (exact) mass is 338 g/mol. The second-order valence-electron chi connectivity index (χ2n) is 5.23. The van der Waals surface area contributed by atoms with Crippen LogP contribution in [0.2, 0.25) is 5.02 Å². The molecule has 0 aliphatic carbocycles. The fraction of sp³-hybridized carbons (Fsp3) is 0.0526. The van der Waals surface area contributed by atoms with Gasteiger partial charge < -0.3 is 4.42 Å². The molecular weight excluding hydrogens is 324 g/mol. The Kier molecular flexibility index (Phi) is 4.77. The molecule has 4 nitrogen and oxygen atoms in total. The third-order valence-electron chi connectivity index (χ3n) is 3.48. The summed E-state index contributed by atoms with van der Waals surface area (Å²) >= 11 is 6.13. The number of rotatable bonds is 4. The van der Waals surface area contributed by atoms with E-state index in [-0.39, 0.29) is 5.91 Å². The van der Waals surface area contributed by atoms with Gasteiger partial charge in [0.25, 0.3) is 5.91 Å². The summed E-state index contributed by atoms with van der Waals surface area (Å²) in [6, 6.07) is 18.2. The van der Waals surface area contributed by atoms with Crippen LogP contribution < -0.4 is 5.43 Å². The van der Waals surface area contributed by atoms with Crippen molar-refractivity contribution in [2.45, 2.75) is 6.92 Å². The summed E-state index contributed by atoms with van der Waals surface area (Å²) < 4.78 is 5.69. The largest absolute Gasteiger partial charge is 0.455 e. The molecule has 1 heterocycles. The summed E-state index contributed by atoms with van der Waals surface area (Å²) in [6.07, 6.45) is 1.46. The third kappa shape index (κ3) is 3.73. The highest BCUT2D eigenvalue weighted by Gasteiger charge is 2.06. The highest BCUT2D eigenvalue weighted by atomic mass is 35.5. The second-order valence-corrected chi connectivity index (χ2v) is 5.64. The van der Waals surface area contributed by atoms with Crippen molar-refractivity contribution in [3.05, 3.63) is 82.6 Å². The summed E-state index contributed by atoms with van der Waals surface area (Å²) in [5.74, 6) is 0.951. The lowest BCUT2D eigenvalue weighted by atomic mass is 10.1. The molecule has 2 aromatic carbocycles. The molecule has 0 radical (unpaired) electrons. The van der Waals surface area contributed by atoms with Crippen molar-refractivity contribution in [1.82, 2.24) is 5.43 Å². The lowest BCUT2D eigenvalue weighted by Crippen LogP contribution is -2.17. The van der Waals surface area contributed by atoms with Gasteiger partial charge in [-0.3, -0.25) is 4.79 Å². The van der Waals surface area contributed by atoms with Crippen LogP contribution in [0.3, 0.4) is 0 Å². The maximum Gasteiger partial charge on any atom is 0.271 e. The Morgan fingerprint density at radius 3 is 2.67 bits per heavy atom. The number of halogens is 1. The van der Waals surface area contributed by atoms with Crippen molar-refractivity contribution in [3.63, 3.8) is 0 Å². The highest BCUT2D eigenvalue weighted by molar-refractivity contribution is 6.31. The standard InChI is InChI=1S/C19H15ClN2O2/c1-13-7-8-15(11-17(13)20)18-10-9-16(24-18)12-21-22-19(23)14-5-3-2-4-6-14/h2-12H,1H3,(H,22,23)/b21-12-. The first kappa shape index (κ1) is 16.0. The predicted octanol–water partition coefficient (Wildman–Crippen LogP) is 4.67. The number of amides is 1. The van der Waals surface area contributed by atoms with E-state index in [4.69, 9.17) is 16.0 Å². The average molecular weight is 339 g/mol. The van der Waals surface area contributed by atoms with Crippen LogP contribution in [-0.4, -0.2) is 12.1 Å². The van der Waals surface area contributed by atoms with Crippen molar-refractivity contribution in [3.8, 4) is 11.3 Å². The molecule has 0 unspecified atom stereocenters. The van der Waals surface area contributed by atoms with Gasteiger partial charge in [0.1, 0.15) is 11.5 Å². The van der Waals surface area contributed by atoms with E-state index in [2.05, 4.69) is 10.5 Å². The number of hydrazone groups is 1. The molecule has 0 saturated carbocycles. The Labute approximate surface area is 144 Å². The maximum absolute atomic E-state index is 11.9. The maximum atomic E-state index is 11.9. The number of carbonyl (C=O) groups is 1. The topological polar surface area (TPSA) is 54.6 Å². The van der Waals surface area contributed by atoms with Crippen molar-refractivity contribution in [2.24, 2.45) is 5.10 Å². The summed E-state index contributed by atoms with van der Waals surface area (Å²) in [7, 11) is 0. The summed E-state index contributed by atoms with van der Waals surface area (Å²) in [4.78, 5) is 11.9. The highest BCUT2D eigenvalue weighted by Crippen LogP contribution is 2.26. The molecule has 5 heteroatoms. The first-order valence-corrected chi connectivity index (χ1v) is 7.76. The van der Waals surface area contributed by atoms with Crippen molar-refractivity contribution >= 4 is 23.7 Å². The van der Waals surface area contributed by atoms with Gasteiger partial charge in [-0.1, -0.05) is 41.9 Å². The van der Waals surface area contributed by atoms with Crippen LogP contribution in [0.5, 0.6) is 0 Å². The zero-order valence-electron chi connectivity index (χ0n) is 13.0. The Balaban J connectivity index is 1.67. The molecular formula is C19H15ClN2O2. The Hall–Kier alpha value is -2.85. The molecule has 0 bridgehead atoms. The molecule has 0 saturated heterocycles. The fourth-order valence-electron chi connectivity index (χ4n) is 2.13. The van der Waals surface area contributed by atoms with Crippen molar-refractivity contribution in [1.29, 1.82) is 0 Å². The van der Waals surface area contributed by atoms with Gasteiger partial charge in [0.15, 0.2) is 0 Å². The SMILES string of the molecule is Cc1ccc(-c2ccc(/C=N\NC(=O)c3ccccc3)o2)cc1Cl. The molecule has 0 aliphatic rings. The van der Waals surface area contributed by atoms with Crippen LogP contribution in [0, 0.1) is 6.92 Å². The van der Waals surface area contributed by atoms with Gasteiger partial charge in [-0.2, -0.15) is 5.10 Å². The second kappa shape index (κ2) is 7.15. The van der Waals surface area contributed by atoms with Crippen LogP contribution >= 0.6 is 11.6 Å². The lowest BCUT2D eigenvalue weighted by molar-refractivity contribution is 0.0955. The molecule has 0 spiro atoms. The Bertz CT molecular complexity index is 885. The van der Waals surface area contributed by atoms with E-state index in [1.54, 1.807) is 30.3 Å². The first-order valence-electron chi connectivity index (χ1n) is 7.38. The minimum Gasteiger partial charge on any atom is -0.455 e. The summed E-state index contributed by atoms with van der Waals surface area (Å²) in [5.41, 5.74) is 4.91. The van der Waals surface area contributed by atoms with Crippen LogP contribution in [0.1, 0.15) is 21.7 Å². The molecule has 1 amide bonds. The average Bonchev–Trinajstić information content (AvgIpc) is 3.07. The molecule has 1 aromatic heterocycles. The van der Waals surface area contributed by atoms with Crippen LogP contribution in [0.25, 0.3) is 11.3 Å². The van der Waals surface area contributed by atoms with E-state index >= 15 is 0 Å². The number of hydrogen-bond acceptors (Lipinski definition) is 3. The first-order chi connectivity index (χ1) is 11.6. The predicted molar refractivity (Wildman–Crippen MR) is 95.4 cm³/mol. The molecule has 0 fully saturated rings. The summed E-state index contributed by atoms with van der Waals surface area (Å²) in [5, 5.41) is 4.60. The van der Waals surface area contributed by atoms with Gasteiger partial charge in [0, 0.05) is 16.1 Å². The number of nitrogens with zero attached hydrogens (tertiary/aromatic N) is 1. The number of benzene rings is 2. The van der Waals surface area contributed by atoms with Gasteiger partial charge in [-0.25, -0.2) is 5.43 Å². The lowest BCUT2D eigenvalue weighted by Gasteiger charge is -2.00. The zero-order valence-corrected chi connectivity index (χ0v) is 13.7. The van der Waals surface area contributed by atoms with Crippen molar-refractivity contribution < 1.29 is 9.21 Å². The quantitative estimate of drug-likeness (QED) is 0.555. The number of nitrogens with one attached hydrogen (secondary N) is 1. The minimum atomic E-state index is -0.274. The Morgan fingerprint density at radius 2 is 1.92 bits per heavy atom. The molecule has 3 rings (SSSR count). The van der Waals surface area contributed by atoms with E-state index in [1.807, 2.05) is 37.3 Å². The number of carbonyl (C=O) groups excluding carboxylic acids is 1. The fourth-order valence-corrected chi connectivity index (χ4v) is 2.31. The van der Waals surface area contributed by atoms with Crippen LogP contribution in [-0.2, 0) is 0 Å². The van der Waals surface area contributed by atoms with Crippen LogP contribution in [0.15, 0.2) is 70.2 Å². The van der Waals surface area contributed by atoms with Gasteiger partial charge in [0.2, 0.25) is 0 Å². The van der Waals surface area contributed by atoms with Gasteiger partial charge in [0.05, 0.1) is 6.21 Å². The minimum absolute atomic E-state index is 0.274. The summed E-state index contributed by atoms with van der Waals surface area (Å²) in [6.45, 7) is 1.95. The molecule has 0 aliphatic heterocycles. The Morgan fingerprint density at radius 1 is 1.12 bits per heavy atom. The zero-order chi connectivity index (χ0) is 16.9. The molecule has 0 atom stereocenters. The van der Waals surface area contributed by atoms with Crippen molar-refractivity contribution in [2.75, 3.05) is 0 Å². The van der Waals surface area contributed by atoms with E-state index in [1.165, 1.54) is 6.21 Å². The number of aryl methyl sites for hydroxylation is 1. The van der Waals surface area contributed by atoms with Gasteiger partial charge in [-0.15, -0.1) is 0 Å². The molecule has 3 aromatic rings. The molecule has 24 heavy (non-hydrogen) atoms. The van der Waals surface area contributed by atoms with Crippen LogP contribution in [0.4, 0.5) is 0 Å². The molecule has 1 N–H and O–H groups in total. The third-order valence-corrected chi connectivity index (χ3v) is 3.88. The number of furan rings is 1. The van der Waals surface area contributed by atoms with E-state index < -0.39 is 0 Å².